The molecule has 0 amide bonds. The number of ether oxygens (including phenoxy) is 1. The summed E-state index contributed by atoms with van der Waals surface area (Å²) in [5.41, 5.74) is 2.87. The third-order valence-corrected chi connectivity index (χ3v) is 8.43. The predicted octanol–water partition coefficient (Wildman–Crippen LogP) is 7.27. The smallest absolute Gasteiger partial charge is 0.186 e. The Balaban J connectivity index is 1.15. The highest BCUT2D eigenvalue weighted by atomic mass is 35.5. The highest BCUT2D eigenvalue weighted by Crippen LogP contribution is 2.46. The summed E-state index contributed by atoms with van der Waals surface area (Å²) in [6.45, 7) is 1.86. The molecule has 1 aliphatic heterocycles. The zero-order chi connectivity index (χ0) is 24.8. The first-order valence-electron chi connectivity index (χ1n) is 11.9. The quantitative estimate of drug-likeness (QED) is 0.227. The molecule has 6 nitrogen and oxygen atoms in total. The zero-order valence-corrected chi connectivity index (χ0v) is 21.5. The van der Waals surface area contributed by atoms with E-state index in [1.807, 2.05) is 0 Å². The lowest BCUT2D eigenvalue weighted by atomic mass is 10.0. The molecular weight excluding hydrogens is 524 g/mol. The number of hydrogen-bond acceptors (Lipinski definition) is 7. The largest absolute Gasteiger partial charge is 0.373 e. The number of carbonyl (C=O) groups is 1. The fourth-order valence-electron chi connectivity index (χ4n) is 4.66. The number of piperidine rings is 1. The van der Waals surface area contributed by atoms with Crippen LogP contribution in [0.1, 0.15) is 53.3 Å². The van der Waals surface area contributed by atoms with Crippen LogP contribution in [0.2, 0.25) is 10.0 Å². The van der Waals surface area contributed by atoms with Gasteiger partial charge in [0.05, 0.1) is 27.5 Å². The molecule has 0 radical (unpaired) electrons. The molecule has 2 aliphatic rings. The van der Waals surface area contributed by atoms with Crippen LogP contribution in [0.25, 0.3) is 21.5 Å². The Kier molecular flexibility index (Phi) is 6.46. The molecule has 1 aliphatic carbocycles. The summed E-state index contributed by atoms with van der Waals surface area (Å²) in [4.78, 5) is 17.7. The Hall–Kier alpha value is -2.52. The van der Waals surface area contributed by atoms with E-state index in [9.17, 15) is 9.18 Å². The Morgan fingerprint density at radius 2 is 1.92 bits per heavy atom. The number of benzene rings is 2. The second kappa shape index (κ2) is 9.74. The van der Waals surface area contributed by atoms with Crippen molar-refractivity contribution in [1.82, 2.24) is 10.1 Å². The van der Waals surface area contributed by atoms with Crippen LogP contribution in [0, 0.1) is 5.82 Å². The Morgan fingerprint density at radius 1 is 1.17 bits per heavy atom. The lowest BCUT2D eigenvalue weighted by Crippen LogP contribution is -2.37. The van der Waals surface area contributed by atoms with Crippen LogP contribution in [0.15, 0.2) is 34.9 Å². The normalized spacial score (nSPS) is 16.7. The van der Waals surface area contributed by atoms with Crippen molar-refractivity contribution in [2.45, 2.75) is 44.3 Å². The van der Waals surface area contributed by atoms with E-state index in [-0.39, 0.29) is 6.10 Å². The van der Waals surface area contributed by atoms with E-state index in [4.69, 9.17) is 32.5 Å². The summed E-state index contributed by atoms with van der Waals surface area (Å²) in [5, 5.41) is 6.15. The van der Waals surface area contributed by atoms with Crippen LogP contribution in [-0.4, -0.2) is 35.6 Å². The minimum atomic E-state index is -0.468. The molecule has 0 atom stereocenters. The summed E-state index contributed by atoms with van der Waals surface area (Å²) in [7, 11) is 0. The van der Waals surface area contributed by atoms with Crippen LogP contribution in [0.5, 0.6) is 0 Å². The first kappa shape index (κ1) is 23.9. The highest BCUT2D eigenvalue weighted by molar-refractivity contribution is 7.22. The molecule has 1 saturated heterocycles. The van der Waals surface area contributed by atoms with Crippen LogP contribution >= 0.6 is 34.5 Å². The van der Waals surface area contributed by atoms with Gasteiger partial charge in [-0.15, -0.1) is 0 Å². The van der Waals surface area contributed by atoms with E-state index in [0.29, 0.717) is 55.9 Å². The third kappa shape index (κ3) is 4.52. The van der Waals surface area contributed by atoms with Gasteiger partial charge in [0.1, 0.15) is 23.3 Å². The van der Waals surface area contributed by atoms with Gasteiger partial charge in [0.2, 0.25) is 0 Å². The molecular formula is C26H22Cl2FN3O3S. The van der Waals surface area contributed by atoms with Crippen molar-refractivity contribution in [1.29, 1.82) is 0 Å². The number of aldehydes is 1. The average Bonchev–Trinajstić information content (AvgIpc) is 3.49. The van der Waals surface area contributed by atoms with E-state index in [1.165, 1.54) is 17.4 Å². The van der Waals surface area contributed by atoms with Gasteiger partial charge < -0.3 is 14.2 Å². The average molecular weight is 546 g/mol. The van der Waals surface area contributed by atoms with Gasteiger partial charge in [-0.3, -0.25) is 4.79 Å². The van der Waals surface area contributed by atoms with E-state index in [0.717, 1.165) is 55.2 Å². The molecule has 4 aromatic rings. The monoisotopic (exact) mass is 545 g/mol. The lowest BCUT2D eigenvalue weighted by Gasteiger charge is -2.31. The molecule has 2 aromatic heterocycles. The first-order valence-corrected chi connectivity index (χ1v) is 13.4. The number of nitrogens with zero attached hydrogens (tertiary/aromatic N) is 3. The van der Waals surface area contributed by atoms with Crippen molar-refractivity contribution < 1.29 is 18.4 Å². The molecule has 2 fully saturated rings. The van der Waals surface area contributed by atoms with Crippen LogP contribution in [0.3, 0.4) is 0 Å². The van der Waals surface area contributed by atoms with Gasteiger partial charge in [0.25, 0.3) is 0 Å². The number of thiazole rings is 1. The minimum absolute atomic E-state index is 0.0607. The van der Waals surface area contributed by atoms with Crippen molar-refractivity contribution in [3.8, 4) is 11.3 Å². The zero-order valence-electron chi connectivity index (χ0n) is 19.2. The molecule has 1 saturated carbocycles. The second-order valence-electron chi connectivity index (χ2n) is 9.21. The van der Waals surface area contributed by atoms with Crippen molar-refractivity contribution in [2.75, 3.05) is 18.0 Å². The van der Waals surface area contributed by atoms with Gasteiger partial charge in [-0.05, 0) is 49.9 Å². The molecule has 3 heterocycles. The van der Waals surface area contributed by atoms with Gasteiger partial charge >= 0.3 is 0 Å². The fourth-order valence-corrected chi connectivity index (χ4v) is 6.32. The van der Waals surface area contributed by atoms with Crippen LogP contribution in [-0.2, 0) is 11.3 Å². The Bertz CT molecular complexity index is 1420. The van der Waals surface area contributed by atoms with Crippen molar-refractivity contribution in [3.05, 3.63) is 63.1 Å². The van der Waals surface area contributed by atoms with Gasteiger partial charge in [-0.2, -0.15) is 0 Å². The van der Waals surface area contributed by atoms with E-state index in [2.05, 4.69) is 15.0 Å². The molecule has 0 bridgehead atoms. The van der Waals surface area contributed by atoms with Gasteiger partial charge in [-0.1, -0.05) is 45.8 Å². The van der Waals surface area contributed by atoms with Gasteiger partial charge in [-0.25, -0.2) is 9.37 Å². The van der Waals surface area contributed by atoms with Crippen molar-refractivity contribution >= 4 is 56.2 Å². The second-order valence-corrected chi connectivity index (χ2v) is 11.0. The number of hydrogen-bond donors (Lipinski definition) is 0. The van der Waals surface area contributed by atoms with Crippen molar-refractivity contribution in [3.63, 3.8) is 0 Å². The highest BCUT2D eigenvalue weighted by Gasteiger charge is 2.34. The SMILES string of the molecule is O=Cc1cc(F)c2nc(N3CCC(OCc4c(-c5c(Cl)cccc5Cl)noc4C4CC4)CC3)sc2c1. The first-order chi connectivity index (χ1) is 17.5. The predicted molar refractivity (Wildman–Crippen MR) is 139 cm³/mol. The van der Waals surface area contributed by atoms with E-state index in [1.54, 1.807) is 24.3 Å². The summed E-state index contributed by atoms with van der Waals surface area (Å²) >= 11 is 14.3. The van der Waals surface area contributed by atoms with E-state index >= 15 is 0 Å². The summed E-state index contributed by atoms with van der Waals surface area (Å²) < 4.78 is 27.1. The van der Waals surface area contributed by atoms with Crippen LogP contribution in [0.4, 0.5) is 9.52 Å². The van der Waals surface area contributed by atoms with Gasteiger partial charge in [0.15, 0.2) is 10.9 Å². The molecule has 186 valence electrons. The summed E-state index contributed by atoms with van der Waals surface area (Å²) in [6.07, 6.45) is 4.49. The maximum absolute atomic E-state index is 14.3. The van der Waals surface area contributed by atoms with Crippen LogP contribution < -0.4 is 4.90 Å². The number of carbonyl (C=O) groups excluding carboxylic acids is 1. The summed E-state index contributed by atoms with van der Waals surface area (Å²) in [5.74, 6) is 0.765. The number of anilines is 1. The summed E-state index contributed by atoms with van der Waals surface area (Å²) in [6, 6.07) is 8.30. The molecule has 2 aromatic carbocycles. The van der Waals surface area contributed by atoms with Crippen molar-refractivity contribution in [2.24, 2.45) is 0 Å². The van der Waals surface area contributed by atoms with E-state index < -0.39 is 5.82 Å². The molecule has 6 rings (SSSR count). The fraction of sp³-hybridized carbons (Fsp3) is 0.346. The lowest BCUT2D eigenvalue weighted by molar-refractivity contribution is 0.0246. The Morgan fingerprint density at radius 3 is 2.61 bits per heavy atom. The number of halogens is 3. The Labute approximate surface area is 220 Å². The van der Waals surface area contributed by atoms with Gasteiger partial charge in [0, 0.05) is 35.7 Å². The number of rotatable bonds is 7. The maximum atomic E-state index is 14.3. The third-order valence-electron chi connectivity index (χ3n) is 6.74. The topological polar surface area (TPSA) is 68.5 Å². The standard InChI is InChI=1S/C26H22Cl2FN3O3S/c27-18-2-1-3-19(28)22(18)23-17(25(35-31-23)15-4-5-15)13-34-16-6-8-32(9-7-16)26-30-24-20(29)10-14(12-33)11-21(24)36-26/h1-3,10-12,15-16H,4-9,13H2. The number of fused-ring (bicyclic) bond motifs is 1. The molecule has 36 heavy (non-hydrogen) atoms. The number of aromatic nitrogens is 2. The maximum Gasteiger partial charge on any atom is 0.186 e. The molecule has 0 spiro atoms. The molecule has 0 N–H and O–H groups in total. The molecule has 10 heteroatoms. The molecule has 0 unspecified atom stereocenters. The minimum Gasteiger partial charge on any atom is -0.373 e.